The molecule has 1 saturated heterocycles. The minimum Gasteiger partial charge on any atom is -0.335 e. The summed E-state index contributed by atoms with van der Waals surface area (Å²) in [5.41, 5.74) is 1.29. The fourth-order valence-corrected chi connectivity index (χ4v) is 3.56. The summed E-state index contributed by atoms with van der Waals surface area (Å²) in [7, 11) is 0. The van der Waals surface area contributed by atoms with E-state index in [4.69, 9.17) is 0 Å². The summed E-state index contributed by atoms with van der Waals surface area (Å²) in [5.74, 6) is -0.300. The molecule has 122 valence electrons. The summed E-state index contributed by atoms with van der Waals surface area (Å²) in [4.78, 5) is 19.3. The van der Waals surface area contributed by atoms with Gasteiger partial charge in [0, 0.05) is 18.3 Å². The molecule has 2 heterocycles. The molecule has 1 aliphatic rings. The van der Waals surface area contributed by atoms with E-state index in [9.17, 15) is 9.18 Å². The molecule has 3 rings (SSSR count). The van der Waals surface area contributed by atoms with Gasteiger partial charge in [0.25, 0.3) is 5.91 Å². The largest absolute Gasteiger partial charge is 0.335 e. The number of aromatic nitrogens is 2. The lowest BCUT2D eigenvalue weighted by atomic mass is 10.0. The Morgan fingerprint density at radius 2 is 2.04 bits per heavy atom. The molecule has 0 spiro atoms. The SMILES string of the molecule is CSc1ncc(C(=O)N2CCCCC2C)n1-c1ccc(F)cc1. The van der Waals surface area contributed by atoms with Crippen LogP contribution in [0.25, 0.3) is 5.69 Å². The third kappa shape index (κ3) is 3.13. The first-order valence-electron chi connectivity index (χ1n) is 7.80. The van der Waals surface area contributed by atoms with Crippen molar-refractivity contribution in [2.24, 2.45) is 0 Å². The Balaban J connectivity index is 2.01. The number of imidazole rings is 1. The smallest absolute Gasteiger partial charge is 0.272 e. The van der Waals surface area contributed by atoms with Crippen molar-refractivity contribution in [3.8, 4) is 5.69 Å². The first-order chi connectivity index (χ1) is 11.1. The molecule has 0 radical (unpaired) electrons. The molecule has 23 heavy (non-hydrogen) atoms. The molecule has 0 bridgehead atoms. The first-order valence-corrected chi connectivity index (χ1v) is 9.03. The molecule has 0 saturated carbocycles. The van der Waals surface area contributed by atoms with E-state index in [0.29, 0.717) is 5.69 Å². The van der Waals surface area contributed by atoms with Gasteiger partial charge in [-0.2, -0.15) is 0 Å². The lowest BCUT2D eigenvalue weighted by Crippen LogP contribution is -2.42. The van der Waals surface area contributed by atoms with Crippen molar-refractivity contribution in [1.82, 2.24) is 14.5 Å². The normalized spacial score (nSPS) is 18.2. The van der Waals surface area contributed by atoms with Crippen LogP contribution in [0, 0.1) is 5.82 Å². The number of piperidine rings is 1. The number of hydrogen-bond acceptors (Lipinski definition) is 3. The number of rotatable bonds is 3. The second-order valence-electron chi connectivity index (χ2n) is 5.79. The van der Waals surface area contributed by atoms with Gasteiger partial charge in [-0.1, -0.05) is 11.8 Å². The lowest BCUT2D eigenvalue weighted by Gasteiger charge is -2.33. The van der Waals surface area contributed by atoms with Crippen LogP contribution in [0.2, 0.25) is 0 Å². The summed E-state index contributed by atoms with van der Waals surface area (Å²) in [6.45, 7) is 2.87. The number of amides is 1. The number of likely N-dealkylation sites (tertiary alicyclic amines) is 1. The van der Waals surface area contributed by atoms with Gasteiger partial charge >= 0.3 is 0 Å². The van der Waals surface area contributed by atoms with Crippen LogP contribution in [0.5, 0.6) is 0 Å². The molecule has 0 aliphatic carbocycles. The maximum absolute atomic E-state index is 13.2. The molecule has 4 nitrogen and oxygen atoms in total. The average Bonchev–Trinajstić information content (AvgIpc) is 2.99. The zero-order valence-corrected chi connectivity index (χ0v) is 14.1. The van der Waals surface area contributed by atoms with Crippen molar-refractivity contribution in [2.75, 3.05) is 12.8 Å². The van der Waals surface area contributed by atoms with Crippen LogP contribution in [0.15, 0.2) is 35.6 Å². The average molecular weight is 333 g/mol. The van der Waals surface area contributed by atoms with E-state index in [2.05, 4.69) is 11.9 Å². The summed E-state index contributed by atoms with van der Waals surface area (Å²) in [6, 6.07) is 6.39. The highest BCUT2D eigenvalue weighted by Crippen LogP contribution is 2.25. The van der Waals surface area contributed by atoms with Crippen LogP contribution in [0.3, 0.4) is 0 Å². The number of nitrogens with zero attached hydrogens (tertiary/aromatic N) is 3. The molecule has 0 N–H and O–H groups in total. The number of carbonyl (C=O) groups is 1. The summed E-state index contributed by atoms with van der Waals surface area (Å²) in [6.07, 6.45) is 6.78. The molecule has 6 heteroatoms. The van der Waals surface area contributed by atoms with Crippen LogP contribution in [-0.4, -0.2) is 39.2 Å². The summed E-state index contributed by atoms with van der Waals surface area (Å²) in [5, 5.41) is 0.727. The second kappa shape index (κ2) is 6.74. The number of thioether (sulfide) groups is 1. The highest BCUT2D eigenvalue weighted by molar-refractivity contribution is 7.98. The predicted molar refractivity (Wildman–Crippen MR) is 89.7 cm³/mol. The van der Waals surface area contributed by atoms with Crippen LogP contribution < -0.4 is 0 Å². The molecule has 1 fully saturated rings. The van der Waals surface area contributed by atoms with Crippen molar-refractivity contribution in [3.05, 3.63) is 42.0 Å². The van der Waals surface area contributed by atoms with Crippen molar-refractivity contribution in [2.45, 2.75) is 37.4 Å². The van der Waals surface area contributed by atoms with Crippen LogP contribution in [-0.2, 0) is 0 Å². The Morgan fingerprint density at radius 3 is 2.70 bits per heavy atom. The van der Waals surface area contributed by atoms with Gasteiger partial charge in [0.05, 0.1) is 6.20 Å². The standard InChI is InChI=1S/C17H20FN3OS/c1-12-5-3-4-10-20(12)16(22)15-11-19-17(23-2)21(15)14-8-6-13(18)7-9-14/h6-9,11-12H,3-5,10H2,1-2H3. The molecule has 1 amide bonds. The maximum Gasteiger partial charge on any atom is 0.272 e. The zero-order chi connectivity index (χ0) is 16.4. The Hall–Kier alpha value is -1.82. The van der Waals surface area contributed by atoms with Gasteiger partial charge in [-0.05, 0) is 56.7 Å². The Labute approximate surface area is 139 Å². The summed E-state index contributed by atoms with van der Waals surface area (Å²) < 4.78 is 15.0. The second-order valence-corrected chi connectivity index (χ2v) is 6.56. The van der Waals surface area contributed by atoms with E-state index in [1.165, 1.54) is 23.9 Å². The van der Waals surface area contributed by atoms with Gasteiger partial charge in [-0.25, -0.2) is 9.37 Å². The van der Waals surface area contributed by atoms with Crippen LogP contribution in [0.1, 0.15) is 36.7 Å². The van der Waals surface area contributed by atoms with E-state index in [1.54, 1.807) is 18.3 Å². The van der Waals surface area contributed by atoms with Gasteiger partial charge < -0.3 is 4.90 Å². The fourth-order valence-electron chi connectivity index (χ4n) is 3.02. The van der Waals surface area contributed by atoms with Gasteiger partial charge in [-0.15, -0.1) is 0 Å². The summed E-state index contributed by atoms with van der Waals surface area (Å²) >= 11 is 1.47. The van der Waals surface area contributed by atoms with Crippen molar-refractivity contribution < 1.29 is 9.18 Å². The lowest BCUT2D eigenvalue weighted by molar-refractivity contribution is 0.0626. The minimum absolute atomic E-state index is 0.00525. The van der Waals surface area contributed by atoms with E-state index >= 15 is 0 Å². The van der Waals surface area contributed by atoms with E-state index in [1.807, 2.05) is 15.7 Å². The highest BCUT2D eigenvalue weighted by atomic mass is 32.2. The number of hydrogen-bond donors (Lipinski definition) is 0. The Morgan fingerprint density at radius 1 is 1.30 bits per heavy atom. The monoisotopic (exact) mass is 333 g/mol. The van der Waals surface area contributed by atoms with Gasteiger partial charge in [0.1, 0.15) is 11.5 Å². The number of benzene rings is 1. The van der Waals surface area contributed by atoms with Crippen LogP contribution in [0.4, 0.5) is 4.39 Å². The molecule has 1 aliphatic heterocycles. The fraction of sp³-hybridized carbons (Fsp3) is 0.412. The van der Waals surface area contributed by atoms with E-state index < -0.39 is 0 Å². The maximum atomic E-state index is 13.2. The van der Waals surface area contributed by atoms with E-state index in [-0.39, 0.29) is 17.8 Å². The van der Waals surface area contributed by atoms with Crippen molar-refractivity contribution in [3.63, 3.8) is 0 Å². The topological polar surface area (TPSA) is 38.1 Å². The number of carbonyl (C=O) groups excluding carboxylic acids is 1. The molecule has 1 aromatic heterocycles. The predicted octanol–water partition coefficient (Wildman–Crippen LogP) is 3.75. The first kappa shape index (κ1) is 16.1. The third-order valence-corrected chi connectivity index (χ3v) is 4.93. The van der Waals surface area contributed by atoms with Gasteiger partial charge in [0.15, 0.2) is 5.16 Å². The molecule has 1 aromatic carbocycles. The zero-order valence-electron chi connectivity index (χ0n) is 13.3. The van der Waals surface area contributed by atoms with Gasteiger partial charge in [-0.3, -0.25) is 9.36 Å². The van der Waals surface area contributed by atoms with Gasteiger partial charge in [0.2, 0.25) is 0 Å². The van der Waals surface area contributed by atoms with Crippen molar-refractivity contribution >= 4 is 17.7 Å². The highest BCUT2D eigenvalue weighted by Gasteiger charge is 2.28. The quantitative estimate of drug-likeness (QED) is 0.803. The van der Waals surface area contributed by atoms with E-state index in [0.717, 1.165) is 36.7 Å². The number of halogens is 1. The third-order valence-electron chi connectivity index (χ3n) is 4.28. The van der Waals surface area contributed by atoms with Crippen LogP contribution >= 0.6 is 11.8 Å². The molecular formula is C17H20FN3OS. The Bertz CT molecular complexity index is 698. The molecule has 1 unspecified atom stereocenters. The molecule has 1 atom stereocenters. The molecular weight excluding hydrogens is 313 g/mol. The molecule has 2 aromatic rings. The Kier molecular flexibility index (Phi) is 4.71. The van der Waals surface area contributed by atoms with Crippen molar-refractivity contribution in [1.29, 1.82) is 0 Å². The minimum atomic E-state index is -0.294.